The van der Waals surface area contributed by atoms with Crippen molar-refractivity contribution in [2.75, 3.05) is 0 Å². The Labute approximate surface area is 177 Å². The van der Waals surface area contributed by atoms with E-state index in [9.17, 15) is 15.0 Å². The van der Waals surface area contributed by atoms with Crippen molar-refractivity contribution >= 4 is 17.7 Å². The van der Waals surface area contributed by atoms with Crippen molar-refractivity contribution in [1.29, 1.82) is 0 Å². The number of phenols is 2. The maximum atomic E-state index is 10.7. The zero-order valence-electron chi connectivity index (χ0n) is 17.1. The third kappa shape index (κ3) is 4.72. The number of aromatic hydroxyl groups is 2. The van der Waals surface area contributed by atoms with Crippen LogP contribution in [-0.4, -0.2) is 26.5 Å². The standard InChI is InChI=1S/C24H30O4S/c1-16-24(2,17-9-11-18(25)12-10-17)21(7-5-3-4-6-8-23(27)28)20-14-13-19(26)15-22(20)29-16/h9-16,21,25-26H,3-8H2,1-2H3,(H,27,28). The lowest BCUT2D eigenvalue weighted by atomic mass is 9.65. The number of unbranched alkanes of at least 4 members (excludes halogenated alkanes) is 3. The molecule has 0 spiro atoms. The second-order valence-corrected chi connectivity index (χ2v) is 9.59. The molecule has 3 atom stereocenters. The molecule has 1 heterocycles. The average molecular weight is 415 g/mol. The van der Waals surface area contributed by atoms with Gasteiger partial charge in [-0.1, -0.05) is 51.3 Å². The van der Waals surface area contributed by atoms with Gasteiger partial charge in [-0.05, 0) is 54.2 Å². The second kappa shape index (κ2) is 9.12. The molecule has 1 aliphatic rings. The topological polar surface area (TPSA) is 77.8 Å². The van der Waals surface area contributed by atoms with Crippen LogP contribution in [0.2, 0.25) is 0 Å². The molecule has 0 aromatic heterocycles. The first-order valence-corrected chi connectivity index (χ1v) is 11.2. The molecule has 29 heavy (non-hydrogen) atoms. The van der Waals surface area contributed by atoms with Crippen molar-refractivity contribution in [2.45, 2.75) is 73.9 Å². The van der Waals surface area contributed by atoms with E-state index in [0.717, 1.165) is 37.0 Å². The highest BCUT2D eigenvalue weighted by Crippen LogP contribution is 2.56. The van der Waals surface area contributed by atoms with Gasteiger partial charge in [0, 0.05) is 22.0 Å². The lowest BCUT2D eigenvalue weighted by molar-refractivity contribution is -0.137. The van der Waals surface area contributed by atoms with Crippen LogP contribution in [0.1, 0.15) is 69.4 Å². The Hall–Kier alpha value is -2.14. The normalized spacial score (nSPS) is 23.5. The number of aliphatic carboxylic acids is 1. The van der Waals surface area contributed by atoms with Crippen LogP contribution in [0.3, 0.4) is 0 Å². The fourth-order valence-corrected chi connectivity index (χ4v) is 5.98. The minimum atomic E-state index is -0.725. The summed E-state index contributed by atoms with van der Waals surface area (Å²) in [6, 6.07) is 13.3. The average Bonchev–Trinajstić information content (AvgIpc) is 2.67. The van der Waals surface area contributed by atoms with E-state index in [1.54, 1.807) is 30.0 Å². The number of carbonyl (C=O) groups is 1. The van der Waals surface area contributed by atoms with Gasteiger partial charge in [-0.15, -0.1) is 11.8 Å². The van der Waals surface area contributed by atoms with Gasteiger partial charge in [0.15, 0.2) is 0 Å². The van der Waals surface area contributed by atoms with E-state index in [2.05, 4.69) is 19.9 Å². The molecule has 0 saturated carbocycles. The van der Waals surface area contributed by atoms with Gasteiger partial charge in [0.1, 0.15) is 11.5 Å². The number of fused-ring (bicyclic) bond motifs is 1. The van der Waals surface area contributed by atoms with Gasteiger partial charge in [0.25, 0.3) is 0 Å². The van der Waals surface area contributed by atoms with Gasteiger partial charge in [-0.3, -0.25) is 4.79 Å². The van der Waals surface area contributed by atoms with Crippen molar-refractivity contribution < 1.29 is 20.1 Å². The zero-order valence-corrected chi connectivity index (χ0v) is 17.9. The predicted octanol–water partition coefficient (Wildman–Crippen LogP) is 6.06. The van der Waals surface area contributed by atoms with E-state index in [4.69, 9.17) is 5.11 Å². The molecule has 2 aromatic carbocycles. The number of thioether (sulfide) groups is 1. The Kier molecular flexibility index (Phi) is 6.78. The lowest BCUT2D eigenvalue weighted by Crippen LogP contribution is -2.42. The molecule has 0 bridgehead atoms. The minimum Gasteiger partial charge on any atom is -0.508 e. The van der Waals surface area contributed by atoms with Crippen LogP contribution < -0.4 is 0 Å². The molecule has 2 aromatic rings. The summed E-state index contributed by atoms with van der Waals surface area (Å²) in [7, 11) is 0. The lowest BCUT2D eigenvalue weighted by Gasteiger charge is -2.47. The number of hydrogen-bond donors (Lipinski definition) is 3. The maximum absolute atomic E-state index is 10.7. The van der Waals surface area contributed by atoms with Crippen LogP contribution in [0.25, 0.3) is 0 Å². The van der Waals surface area contributed by atoms with Crippen LogP contribution in [0.15, 0.2) is 47.4 Å². The predicted molar refractivity (Wildman–Crippen MR) is 117 cm³/mol. The Bertz CT molecular complexity index is 848. The largest absolute Gasteiger partial charge is 0.508 e. The summed E-state index contributed by atoms with van der Waals surface area (Å²) >= 11 is 1.80. The number of carboxylic acid groups (broad SMARTS) is 1. The fourth-order valence-electron chi connectivity index (χ4n) is 4.52. The molecule has 5 heteroatoms. The fraction of sp³-hybridized carbons (Fsp3) is 0.458. The SMILES string of the molecule is CC1Sc2cc(O)ccc2C(CCCCCCC(=O)O)C1(C)c1ccc(O)cc1. The van der Waals surface area contributed by atoms with E-state index >= 15 is 0 Å². The van der Waals surface area contributed by atoms with Gasteiger partial charge in [0.05, 0.1) is 0 Å². The summed E-state index contributed by atoms with van der Waals surface area (Å²) in [5.41, 5.74) is 2.38. The Balaban J connectivity index is 1.86. The van der Waals surface area contributed by atoms with Crippen LogP contribution >= 0.6 is 11.8 Å². The van der Waals surface area contributed by atoms with Crippen molar-refractivity contribution in [1.82, 2.24) is 0 Å². The summed E-state index contributed by atoms with van der Waals surface area (Å²) in [5, 5.41) is 28.8. The molecule has 0 aliphatic carbocycles. The van der Waals surface area contributed by atoms with Gasteiger partial charge >= 0.3 is 5.97 Å². The van der Waals surface area contributed by atoms with Crippen LogP contribution in [-0.2, 0) is 10.2 Å². The molecular formula is C24H30O4S. The zero-order chi connectivity index (χ0) is 21.0. The summed E-state index contributed by atoms with van der Waals surface area (Å²) in [6.45, 7) is 4.55. The molecule has 3 unspecified atom stereocenters. The van der Waals surface area contributed by atoms with Crippen LogP contribution in [0, 0.1) is 0 Å². The first-order valence-electron chi connectivity index (χ1n) is 10.3. The highest BCUT2D eigenvalue weighted by atomic mass is 32.2. The monoisotopic (exact) mass is 414 g/mol. The number of phenolic OH excluding ortho intramolecular Hbond substituents is 2. The molecule has 3 N–H and O–H groups in total. The van der Waals surface area contributed by atoms with Gasteiger partial charge in [0.2, 0.25) is 0 Å². The Morgan fingerprint density at radius 1 is 1.00 bits per heavy atom. The molecule has 0 fully saturated rings. The van der Waals surface area contributed by atoms with Crippen molar-refractivity contribution in [3.05, 3.63) is 53.6 Å². The first-order chi connectivity index (χ1) is 13.8. The summed E-state index contributed by atoms with van der Waals surface area (Å²) < 4.78 is 0. The highest BCUT2D eigenvalue weighted by molar-refractivity contribution is 8.00. The van der Waals surface area contributed by atoms with Gasteiger partial charge < -0.3 is 15.3 Å². The van der Waals surface area contributed by atoms with E-state index in [0.29, 0.717) is 16.9 Å². The number of hydrogen-bond acceptors (Lipinski definition) is 4. The molecule has 0 radical (unpaired) electrons. The van der Waals surface area contributed by atoms with E-state index in [1.165, 1.54) is 11.1 Å². The number of carboxylic acids is 1. The summed E-state index contributed by atoms with van der Waals surface area (Å²) in [5.74, 6) is 0.132. The highest BCUT2D eigenvalue weighted by Gasteiger charge is 2.45. The second-order valence-electron chi connectivity index (χ2n) is 8.21. The van der Waals surface area contributed by atoms with E-state index in [1.807, 2.05) is 18.2 Å². The summed E-state index contributed by atoms with van der Waals surface area (Å²) in [4.78, 5) is 11.8. The third-order valence-electron chi connectivity index (χ3n) is 6.37. The molecule has 1 aliphatic heterocycles. The van der Waals surface area contributed by atoms with E-state index in [-0.39, 0.29) is 17.6 Å². The molecule has 0 saturated heterocycles. The third-order valence-corrected chi connectivity index (χ3v) is 7.82. The molecular weight excluding hydrogens is 384 g/mol. The van der Waals surface area contributed by atoms with Crippen molar-refractivity contribution in [3.8, 4) is 11.5 Å². The van der Waals surface area contributed by atoms with Crippen LogP contribution in [0.4, 0.5) is 0 Å². The molecule has 156 valence electrons. The number of benzene rings is 2. The summed E-state index contributed by atoms with van der Waals surface area (Å²) in [6.07, 6.45) is 4.96. The van der Waals surface area contributed by atoms with Gasteiger partial charge in [-0.2, -0.15) is 0 Å². The maximum Gasteiger partial charge on any atom is 0.303 e. The molecule has 3 rings (SSSR count). The Morgan fingerprint density at radius 3 is 2.34 bits per heavy atom. The molecule has 0 amide bonds. The minimum absolute atomic E-state index is 0.108. The smallest absolute Gasteiger partial charge is 0.303 e. The van der Waals surface area contributed by atoms with Crippen LogP contribution in [0.5, 0.6) is 11.5 Å². The van der Waals surface area contributed by atoms with Crippen molar-refractivity contribution in [2.24, 2.45) is 0 Å². The van der Waals surface area contributed by atoms with E-state index < -0.39 is 5.97 Å². The number of rotatable bonds is 8. The molecule has 4 nitrogen and oxygen atoms in total. The van der Waals surface area contributed by atoms with Crippen molar-refractivity contribution in [3.63, 3.8) is 0 Å². The first kappa shape index (κ1) is 21.6. The Morgan fingerprint density at radius 2 is 1.66 bits per heavy atom. The quantitative estimate of drug-likeness (QED) is 0.458. The van der Waals surface area contributed by atoms with Gasteiger partial charge in [-0.25, -0.2) is 0 Å².